The molecule has 0 spiro atoms. The summed E-state index contributed by atoms with van der Waals surface area (Å²) in [4.78, 5) is 11.8. The Balaban J connectivity index is 2.01. The van der Waals surface area contributed by atoms with Gasteiger partial charge in [0.25, 0.3) is 0 Å². The van der Waals surface area contributed by atoms with Gasteiger partial charge in [-0.05, 0) is 37.1 Å². The Hall–Kier alpha value is -0.430. The molecule has 0 aliphatic carbocycles. The largest absolute Gasteiger partial charge is 0.298 e. The predicted molar refractivity (Wildman–Crippen MR) is 84.2 cm³/mol. The van der Waals surface area contributed by atoms with Crippen molar-refractivity contribution >= 4 is 43.3 Å². The van der Waals surface area contributed by atoms with E-state index in [4.69, 9.17) is 11.6 Å². The third-order valence-electron chi connectivity index (χ3n) is 4.20. The average Bonchev–Trinajstić information content (AvgIpc) is 2.45. The zero-order valence-electron chi connectivity index (χ0n) is 11.2. The third kappa shape index (κ3) is 2.67. The van der Waals surface area contributed by atoms with E-state index in [0.717, 1.165) is 12.8 Å². The molecule has 2 aliphatic rings. The van der Waals surface area contributed by atoms with Gasteiger partial charge in [-0.3, -0.25) is 4.79 Å². The summed E-state index contributed by atoms with van der Waals surface area (Å²) in [5.41, 5.74) is 0. The molecule has 114 valence electrons. The van der Waals surface area contributed by atoms with E-state index in [2.05, 4.69) is 15.9 Å². The van der Waals surface area contributed by atoms with Crippen molar-refractivity contribution in [3.63, 3.8) is 0 Å². The Morgan fingerprint density at radius 2 is 1.86 bits per heavy atom. The molecule has 1 aromatic rings. The van der Waals surface area contributed by atoms with Crippen LogP contribution in [-0.4, -0.2) is 35.4 Å². The summed E-state index contributed by atoms with van der Waals surface area (Å²) < 4.78 is 27.4. The first-order chi connectivity index (χ1) is 9.91. The van der Waals surface area contributed by atoms with Crippen molar-refractivity contribution in [2.24, 2.45) is 0 Å². The minimum Gasteiger partial charge on any atom is -0.298 e. The van der Waals surface area contributed by atoms with Gasteiger partial charge in [-0.2, -0.15) is 4.31 Å². The van der Waals surface area contributed by atoms with Gasteiger partial charge in [0.15, 0.2) is 0 Å². The van der Waals surface area contributed by atoms with E-state index < -0.39 is 14.9 Å². The van der Waals surface area contributed by atoms with Crippen LogP contribution in [-0.2, 0) is 14.8 Å². The molecule has 0 N–H and O–H groups in total. The fraction of sp³-hybridized carbons (Fsp3) is 0.500. The van der Waals surface area contributed by atoms with Gasteiger partial charge in [0.2, 0.25) is 10.0 Å². The maximum Gasteiger partial charge on any atom is 0.243 e. The van der Waals surface area contributed by atoms with Crippen LogP contribution in [0.5, 0.6) is 0 Å². The van der Waals surface area contributed by atoms with Crippen LogP contribution >= 0.6 is 27.5 Å². The molecule has 4 nitrogen and oxygen atoms in total. The molecule has 3 unspecified atom stereocenters. The second-order valence-electron chi connectivity index (χ2n) is 5.51. The molecule has 3 atom stereocenters. The van der Waals surface area contributed by atoms with Crippen molar-refractivity contribution in [2.75, 3.05) is 0 Å². The topological polar surface area (TPSA) is 54.5 Å². The van der Waals surface area contributed by atoms with Gasteiger partial charge in [-0.1, -0.05) is 34.0 Å². The number of sulfonamides is 1. The predicted octanol–water partition coefficient (Wildman–Crippen LogP) is 2.99. The standard InChI is InChI=1S/C14H15BrClNO3S/c15-14-12-3-1-2-10(8-13(14)18)17(12)21(19,20)11-6-4-9(16)5-7-11/h4-7,10,12,14H,1-3,8H2. The number of hydrogen-bond acceptors (Lipinski definition) is 3. The molecule has 0 saturated carbocycles. The van der Waals surface area contributed by atoms with Gasteiger partial charge in [0.05, 0.1) is 9.72 Å². The van der Waals surface area contributed by atoms with Gasteiger partial charge in [0.1, 0.15) is 5.78 Å². The summed E-state index contributed by atoms with van der Waals surface area (Å²) in [6.45, 7) is 0. The SMILES string of the molecule is O=C1CC2CCCC(C1Br)N2S(=O)(=O)c1ccc(Cl)cc1. The lowest BCUT2D eigenvalue weighted by Crippen LogP contribution is -2.59. The number of alkyl halides is 1. The van der Waals surface area contributed by atoms with Crippen molar-refractivity contribution in [1.82, 2.24) is 4.31 Å². The molecular weight excluding hydrogens is 378 g/mol. The summed E-state index contributed by atoms with van der Waals surface area (Å²) in [5, 5.41) is 0.501. The number of piperidine rings is 2. The maximum atomic E-state index is 12.9. The Labute approximate surface area is 137 Å². The summed E-state index contributed by atoms with van der Waals surface area (Å²) >= 11 is 9.21. The molecule has 0 aromatic heterocycles. The van der Waals surface area contributed by atoms with E-state index in [1.54, 1.807) is 16.4 Å². The number of benzene rings is 1. The number of halogens is 2. The molecule has 2 heterocycles. The number of rotatable bonds is 2. The number of hydrogen-bond donors (Lipinski definition) is 0. The highest BCUT2D eigenvalue weighted by molar-refractivity contribution is 9.10. The molecule has 2 fully saturated rings. The fourth-order valence-corrected chi connectivity index (χ4v) is 6.09. The van der Waals surface area contributed by atoms with Gasteiger partial charge >= 0.3 is 0 Å². The molecule has 0 amide bonds. The van der Waals surface area contributed by atoms with Crippen LogP contribution < -0.4 is 0 Å². The first-order valence-corrected chi connectivity index (χ1v) is 9.60. The fourth-order valence-electron chi connectivity index (χ4n) is 3.22. The van der Waals surface area contributed by atoms with Crippen LogP contribution in [0, 0.1) is 0 Å². The second kappa shape index (κ2) is 5.65. The van der Waals surface area contributed by atoms with Crippen molar-refractivity contribution in [1.29, 1.82) is 0 Å². The number of carbonyl (C=O) groups excluding carboxylic acids is 1. The summed E-state index contributed by atoms with van der Waals surface area (Å²) in [7, 11) is -3.60. The van der Waals surface area contributed by atoms with E-state index in [-0.39, 0.29) is 22.8 Å². The molecule has 21 heavy (non-hydrogen) atoms. The van der Waals surface area contributed by atoms with Gasteiger partial charge in [-0.15, -0.1) is 0 Å². The molecule has 0 radical (unpaired) electrons. The number of carbonyl (C=O) groups is 1. The highest BCUT2D eigenvalue weighted by Crippen LogP contribution is 2.39. The van der Waals surface area contributed by atoms with Gasteiger partial charge in [-0.25, -0.2) is 8.42 Å². The van der Waals surface area contributed by atoms with E-state index in [1.165, 1.54) is 12.1 Å². The Bertz CT molecular complexity index is 661. The van der Waals surface area contributed by atoms with E-state index >= 15 is 0 Å². The number of nitrogens with zero attached hydrogens (tertiary/aromatic N) is 1. The molecule has 7 heteroatoms. The summed E-state index contributed by atoms with van der Waals surface area (Å²) in [5.74, 6) is 0.104. The van der Waals surface area contributed by atoms with Crippen LogP contribution in [0.3, 0.4) is 0 Å². The lowest BCUT2D eigenvalue weighted by Gasteiger charge is -2.46. The summed E-state index contributed by atoms with van der Waals surface area (Å²) in [6.07, 6.45) is 2.70. The smallest absolute Gasteiger partial charge is 0.243 e. The number of ketones is 1. The molecule has 1 aromatic carbocycles. The molecule has 2 bridgehead atoms. The van der Waals surface area contributed by atoms with Crippen LogP contribution in [0.15, 0.2) is 29.2 Å². The first kappa shape index (κ1) is 15.5. The molecule has 2 saturated heterocycles. The second-order valence-corrected chi connectivity index (χ2v) is 8.78. The third-order valence-corrected chi connectivity index (χ3v) is 7.56. The highest BCUT2D eigenvalue weighted by Gasteiger charge is 2.48. The van der Waals surface area contributed by atoms with E-state index in [9.17, 15) is 13.2 Å². The van der Waals surface area contributed by atoms with Crippen LogP contribution in [0.25, 0.3) is 0 Å². The van der Waals surface area contributed by atoms with Crippen molar-refractivity contribution in [3.8, 4) is 0 Å². The maximum absolute atomic E-state index is 12.9. The lowest BCUT2D eigenvalue weighted by atomic mass is 9.86. The van der Waals surface area contributed by atoms with Crippen LogP contribution in [0.1, 0.15) is 25.7 Å². The molecule has 3 rings (SSSR count). The quantitative estimate of drug-likeness (QED) is 0.727. The normalized spacial score (nSPS) is 30.4. The van der Waals surface area contributed by atoms with Gasteiger partial charge in [0, 0.05) is 23.5 Å². The number of fused-ring (bicyclic) bond motifs is 2. The number of Topliss-reactive ketones (excluding diaryl/α,β-unsaturated/α-hetero) is 1. The Morgan fingerprint density at radius 3 is 2.52 bits per heavy atom. The van der Waals surface area contributed by atoms with Crippen molar-refractivity contribution in [3.05, 3.63) is 29.3 Å². The van der Waals surface area contributed by atoms with Crippen molar-refractivity contribution < 1.29 is 13.2 Å². The molecular formula is C14H15BrClNO3S. The zero-order chi connectivity index (χ0) is 15.2. The molecule has 2 aliphatic heterocycles. The lowest BCUT2D eigenvalue weighted by molar-refractivity contribution is -0.123. The summed E-state index contributed by atoms with van der Waals surface area (Å²) in [6, 6.07) is 5.69. The minimum atomic E-state index is -3.60. The van der Waals surface area contributed by atoms with Crippen molar-refractivity contribution in [2.45, 2.75) is 47.5 Å². The van der Waals surface area contributed by atoms with Crippen LogP contribution in [0.2, 0.25) is 5.02 Å². The van der Waals surface area contributed by atoms with E-state index in [0.29, 0.717) is 17.9 Å². The zero-order valence-corrected chi connectivity index (χ0v) is 14.4. The highest BCUT2D eigenvalue weighted by atomic mass is 79.9. The Kier molecular flexibility index (Phi) is 4.16. The minimum absolute atomic E-state index is 0.104. The van der Waals surface area contributed by atoms with Crippen LogP contribution in [0.4, 0.5) is 0 Å². The van der Waals surface area contributed by atoms with E-state index in [1.807, 2.05) is 0 Å². The average molecular weight is 393 g/mol. The first-order valence-electron chi connectivity index (χ1n) is 6.87. The Morgan fingerprint density at radius 1 is 1.19 bits per heavy atom. The van der Waals surface area contributed by atoms with Gasteiger partial charge < -0.3 is 0 Å². The monoisotopic (exact) mass is 391 g/mol.